The maximum absolute atomic E-state index is 4.75. The van der Waals surface area contributed by atoms with Crippen LogP contribution in [0.1, 0.15) is 29.8 Å². The highest BCUT2D eigenvalue weighted by Gasteiger charge is 2.24. The summed E-state index contributed by atoms with van der Waals surface area (Å²) in [6.07, 6.45) is 11.8. The van der Waals surface area contributed by atoms with Gasteiger partial charge in [0.05, 0.1) is 0 Å². The molecule has 0 amide bonds. The average molecular weight is 358 g/mol. The maximum Gasteiger partial charge on any atom is 0.140 e. The summed E-state index contributed by atoms with van der Waals surface area (Å²) in [5, 5.41) is 0. The zero-order valence-electron chi connectivity index (χ0n) is 15.7. The predicted octanol–water partition coefficient (Wildman–Crippen LogP) is 3.84. The first-order valence-electron chi connectivity index (χ1n) is 10.0. The average Bonchev–Trinajstić information content (AvgIpc) is 3.37. The number of benzene rings is 1. The van der Waals surface area contributed by atoms with Crippen molar-refractivity contribution in [3.63, 3.8) is 0 Å². The molecule has 0 atom stereocenters. The second kappa shape index (κ2) is 7.20. The summed E-state index contributed by atoms with van der Waals surface area (Å²) >= 11 is 0. The number of imidazole rings is 1. The van der Waals surface area contributed by atoms with Crippen LogP contribution in [0.5, 0.6) is 0 Å². The molecule has 2 aromatic heterocycles. The number of fused-ring (bicyclic) bond motifs is 2. The predicted molar refractivity (Wildman–Crippen MR) is 109 cm³/mol. The second-order valence-electron chi connectivity index (χ2n) is 7.59. The van der Waals surface area contributed by atoms with Crippen LogP contribution in [0.3, 0.4) is 0 Å². The van der Waals surface area contributed by atoms with Crippen molar-refractivity contribution in [3.8, 4) is 0 Å². The molecule has 1 aromatic carbocycles. The Hall–Kier alpha value is -2.59. The Balaban J connectivity index is 1.40. The van der Waals surface area contributed by atoms with E-state index in [1.165, 1.54) is 16.7 Å². The van der Waals surface area contributed by atoms with Crippen molar-refractivity contribution in [3.05, 3.63) is 83.7 Å². The molecule has 0 saturated carbocycles. The summed E-state index contributed by atoms with van der Waals surface area (Å²) in [5.41, 5.74) is 5.84. The molecule has 0 aliphatic carbocycles. The van der Waals surface area contributed by atoms with Gasteiger partial charge in [0.1, 0.15) is 5.82 Å². The van der Waals surface area contributed by atoms with Gasteiger partial charge in [0.25, 0.3) is 0 Å². The van der Waals surface area contributed by atoms with Gasteiger partial charge in [-0.05, 0) is 42.5 Å². The van der Waals surface area contributed by atoms with E-state index in [9.17, 15) is 0 Å². The summed E-state index contributed by atoms with van der Waals surface area (Å²) < 4.78 is 4.60. The minimum atomic E-state index is 1.02. The fourth-order valence-corrected chi connectivity index (χ4v) is 4.48. The van der Waals surface area contributed by atoms with Crippen molar-refractivity contribution in [2.45, 2.75) is 32.4 Å². The van der Waals surface area contributed by atoms with Crippen molar-refractivity contribution in [2.75, 3.05) is 19.6 Å². The number of piperidine rings is 1. The van der Waals surface area contributed by atoms with E-state index in [1.54, 1.807) is 5.57 Å². The van der Waals surface area contributed by atoms with Gasteiger partial charge in [-0.15, -0.1) is 0 Å². The number of hydrogen-bond acceptors (Lipinski definition) is 2. The van der Waals surface area contributed by atoms with E-state index < -0.39 is 0 Å². The largest absolute Gasteiger partial charge is 0.353 e. The molecular weight excluding hydrogens is 332 g/mol. The first kappa shape index (κ1) is 16.6. The molecule has 3 aromatic rings. The van der Waals surface area contributed by atoms with E-state index in [2.05, 4.69) is 69.0 Å². The number of rotatable bonds is 3. The van der Waals surface area contributed by atoms with Gasteiger partial charge in [-0.2, -0.15) is 0 Å². The first-order chi connectivity index (χ1) is 13.4. The lowest BCUT2D eigenvalue weighted by molar-refractivity contribution is 0.247. The summed E-state index contributed by atoms with van der Waals surface area (Å²) in [6.45, 7) is 5.51. The number of likely N-dealkylation sites (tertiary alicyclic amines) is 1. The molecule has 0 bridgehead atoms. The second-order valence-corrected chi connectivity index (χ2v) is 7.59. The van der Waals surface area contributed by atoms with E-state index in [4.69, 9.17) is 4.98 Å². The van der Waals surface area contributed by atoms with Crippen LogP contribution in [-0.4, -0.2) is 38.7 Å². The third-order valence-corrected chi connectivity index (χ3v) is 6.00. The molecule has 138 valence electrons. The topological polar surface area (TPSA) is 26.0 Å². The lowest BCUT2D eigenvalue weighted by Crippen LogP contribution is -2.33. The van der Waals surface area contributed by atoms with Crippen LogP contribution in [-0.2, 0) is 19.5 Å². The summed E-state index contributed by atoms with van der Waals surface area (Å²) in [4.78, 5) is 7.35. The minimum Gasteiger partial charge on any atom is -0.353 e. The molecule has 2 aliphatic heterocycles. The lowest BCUT2D eigenvalue weighted by Gasteiger charge is -2.30. The molecule has 1 saturated heterocycles. The highest BCUT2D eigenvalue weighted by Crippen LogP contribution is 2.35. The first-order valence-corrected chi connectivity index (χ1v) is 10.0. The van der Waals surface area contributed by atoms with Crippen molar-refractivity contribution in [1.82, 2.24) is 19.0 Å². The third-order valence-electron chi connectivity index (χ3n) is 6.00. The van der Waals surface area contributed by atoms with Crippen LogP contribution in [0, 0.1) is 0 Å². The summed E-state index contributed by atoms with van der Waals surface area (Å²) in [7, 11) is 0. The fourth-order valence-electron chi connectivity index (χ4n) is 4.48. The number of hydrogen-bond donors (Lipinski definition) is 0. The van der Waals surface area contributed by atoms with Gasteiger partial charge in [-0.25, -0.2) is 4.98 Å². The van der Waals surface area contributed by atoms with Crippen LogP contribution in [0.15, 0.2) is 66.8 Å². The molecule has 0 unspecified atom stereocenters. The molecule has 1 fully saturated rings. The quantitative estimate of drug-likeness (QED) is 0.711. The normalized spacial score (nSPS) is 17.5. The van der Waals surface area contributed by atoms with Gasteiger partial charge in [-0.1, -0.05) is 29.8 Å². The molecular formula is C23H26N4. The molecule has 0 radical (unpaired) electrons. The summed E-state index contributed by atoms with van der Waals surface area (Å²) in [5.74, 6) is 1.16. The number of nitrogens with zero attached hydrogens (tertiary/aromatic N) is 4. The molecule has 4 heteroatoms. The van der Waals surface area contributed by atoms with Gasteiger partial charge >= 0.3 is 0 Å². The van der Waals surface area contributed by atoms with Gasteiger partial charge < -0.3 is 14.0 Å². The van der Waals surface area contributed by atoms with Crippen LogP contribution in [0.2, 0.25) is 0 Å². The van der Waals surface area contributed by atoms with Crippen LogP contribution < -0.4 is 0 Å². The maximum atomic E-state index is 4.75. The zero-order chi connectivity index (χ0) is 18.1. The Morgan fingerprint density at radius 1 is 0.815 bits per heavy atom. The molecule has 0 N–H and O–H groups in total. The smallest absolute Gasteiger partial charge is 0.140 e. The number of aromatic nitrogens is 3. The Morgan fingerprint density at radius 2 is 1.63 bits per heavy atom. The molecule has 0 spiro atoms. The SMILES string of the molecule is c1ccc2c(c1)CCn1ccnc1C2=C1CCN(CCn2cccc2)CC1. The van der Waals surface area contributed by atoms with Crippen LogP contribution >= 0.6 is 0 Å². The summed E-state index contributed by atoms with van der Waals surface area (Å²) in [6, 6.07) is 13.1. The molecule has 5 rings (SSSR count). The Labute approximate surface area is 160 Å². The molecule has 2 aliphatic rings. The molecule has 27 heavy (non-hydrogen) atoms. The molecule has 4 heterocycles. The van der Waals surface area contributed by atoms with E-state index in [0.29, 0.717) is 0 Å². The fraction of sp³-hybridized carbons (Fsp3) is 0.348. The highest BCUT2D eigenvalue weighted by atomic mass is 15.1. The highest BCUT2D eigenvalue weighted by molar-refractivity contribution is 5.81. The monoisotopic (exact) mass is 358 g/mol. The van der Waals surface area contributed by atoms with E-state index in [-0.39, 0.29) is 0 Å². The van der Waals surface area contributed by atoms with Gasteiger partial charge in [0.15, 0.2) is 0 Å². The van der Waals surface area contributed by atoms with E-state index in [0.717, 1.165) is 57.8 Å². The van der Waals surface area contributed by atoms with Crippen LogP contribution in [0.25, 0.3) is 5.57 Å². The van der Waals surface area contributed by atoms with Crippen molar-refractivity contribution in [1.29, 1.82) is 0 Å². The zero-order valence-corrected chi connectivity index (χ0v) is 15.7. The van der Waals surface area contributed by atoms with E-state index in [1.807, 2.05) is 6.20 Å². The third kappa shape index (κ3) is 3.26. The molecule has 4 nitrogen and oxygen atoms in total. The minimum absolute atomic E-state index is 1.02. The van der Waals surface area contributed by atoms with Crippen molar-refractivity contribution >= 4 is 5.57 Å². The van der Waals surface area contributed by atoms with Crippen molar-refractivity contribution in [2.24, 2.45) is 0 Å². The van der Waals surface area contributed by atoms with Gasteiger partial charge in [-0.3, -0.25) is 0 Å². The van der Waals surface area contributed by atoms with Crippen molar-refractivity contribution < 1.29 is 0 Å². The Morgan fingerprint density at radius 3 is 2.48 bits per heavy atom. The standard InChI is InChI=1S/C23H26N4/c1-2-6-21-19(5-1)9-15-27-16-10-24-23(27)22(21)20-7-13-26(14-8-20)18-17-25-11-3-4-12-25/h1-6,10-12,16H,7-9,13-15,17-18H2. The number of aryl methyl sites for hydroxylation is 2. The lowest BCUT2D eigenvalue weighted by atomic mass is 9.90. The van der Waals surface area contributed by atoms with E-state index >= 15 is 0 Å². The van der Waals surface area contributed by atoms with Crippen LogP contribution in [0.4, 0.5) is 0 Å². The van der Waals surface area contributed by atoms with Gasteiger partial charge in [0, 0.05) is 63.1 Å². The Bertz CT molecular complexity index is 938. The van der Waals surface area contributed by atoms with Gasteiger partial charge in [0.2, 0.25) is 0 Å². The Kier molecular flexibility index (Phi) is 4.42.